The first kappa shape index (κ1) is 23.3. The van der Waals surface area contributed by atoms with Gasteiger partial charge < -0.3 is 15.0 Å². The van der Waals surface area contributed by atoms with Crippen molar-refractivity contribution in [3.8, 4) is 5.88 Å². The van der Waals surface area contributed by atoms with E-state index in [-0.39, 0.29) is 12.0 Å². The summed E-state index contributed by atoms with van der Waals surface area (Å²) in [6.45, 7) is 3.66. The van der Waals surface area contributed by atoms with Gasteiger partial charge in [0.05, 0.1) is 4.92 Å². The number of aromatic nitrogens is 1. The van der Waals surface area contributed by atoms with E-state index in [1.54, 1.807) is 0 Å². The van der Waals surface area contributed by atoms with Crippen LogP contribution in [0.25, 0.3) is 0 Å². The van der Waals surface area contributed by atoms with Crippen LogP contribution in [0.2, 0.25) is 0 Å². The number of piperazine rings is 1. The van der Waals surface area contributed by atoms with Gasteiger partial charge in [-0.2, -0.15) is 18.2 Å². The van der Waals surface area contributed by atoms with E-state index in [0.717, 1.165) is 69.8 Å². The van der Waals surface area contributed by atoms with E-state index in [2.05, 4.69) is 15.2 Å². The Labute approximate surface area is 190 Å². The quantitative estimate of drug-likeness (QED) is 0.497. The molecular formula is C23H27F3N4O3. The summed E-state index contributed by atoms with van der Waals surface area (Å²) in [7, 11) is 0. The molecule has 1 saturated heterocycles. The van der Waals surface area contributed by atoms with Gasteiger partial charge in [-0.15, -0.1) is 0 Å². The van der Waals surface area contributed by atoms with Crippen molar-refractivity contribution in [2.75, 3.05) is 31.1 Å². The SMILES string of the molecule is O=[N+]([O-])c1ccc(CC2CCC(Oc3cccc(N4CCNCC4)n3)CC2)cc1C(F)(F)F. The Balaban J connectivity index is 1.33. The number of nitro benzene ring substituents is 1. The predicted octanol–water partition coefficient (Wildman–Crippen LogP) is 4.60. The number of halogens is 3. The number of nitrogens with zero attached hydrogens (tertiary/aromatic N) is 3. The van der Waals surface area contributed by atoms with E-state index in [1.165, 1.54) is 6.07 Å². The summed E-state index contributed by atoms with van der Waals surface area (Å²) in [6, 6.07) is 9.09. The van der Waals surface area contributed by atoms with Crippen LogP contribution in [-0.4, -0.2) is 42.2 Å². The molecule has 2 fully saturated rings. The second-order valence-corrected chi connectivity index (χ2v) is 8.64. The maximum Gasteiger partial charge on any atom is 0.423 e. The molecule has 0 amide bonds. The molecule has 0 radical (unpaired) electrons. The van der Waals surface area contributed by atoms with Gasteiger partial charge in [-0.05, 0) is 55.7 Å². The topological polar surface area (TPSA) is 80.5 Å². The zero-order chi connectivity index (χ0) is 23.4. The minimum atomic E-state index is -4.75. The van der Waals surface area contributed by atoms with Gasteiger partial charge in [-0.1, -0.05) is 12.1 Å². The van der Waals surface area contributed by atoms with Gasteiger partial charge in [0, 0.05) is 38.3 Å². The molecule has 7 nitrogen and oxygen atoms in total. The zero-order valence-corrected chi connectivity index (χ0v) is 18.2. The van der Waals surface area contributed by atoms with Gasteiger partial charge in [0.1, 0.15) is 17.5 Å². The molecule has 0 atom stereocenters. The molecule has 1 aliphatic carbocycles. The lowest BCUT2D eigenvalue weighted by atomic mass is 9.83. The summed E-state index contributed by atoms with van der Waals surface area (Å²) < 4.78 is 45.8. The largest absolute Gasteiger partial charge is 0.474 e. The van der Waals surface area contributed by atoms with Crippen LogP contribution in [0.1, 0.15) is 36.8 Å². The molecule has 2 heterocycles. The normalized spacial score (nSPS) is 21.6. The van der Waals surface area contributed by atoms with Crippen LogP contribution in [0.5, 0.6) is 5.88 Å². The van der Waals surface area contributed by atoms with Crippen molar-refractivity contribution >= 4 is 11.5 Å². The first-order valence-corrected chi connectivity index (χ1v) is 11.2. The van der Waals surface area contributed by atoms with Gasteiger partial charge in [-0.25, -0.2) is 0 Å². The van der Waals surface area contributed by atoms with Crippen LogP contribution >= 0.6 is 0 Å². The number of nitrogens with one attached hydrogen (secondary N) is 1. The van der Waals surface area contributed by atoms with Gasteiger partial charge in [0.15, 0.2) is 0 Å². The summed E-state index contributed by atoms with van der Waals surface area (Å²) in [6.07, 6.45) is -1.04. The highest BCUT2D eigenvalue weighted by molar-refractivity contribution is 5.45. The lowest BCUT2D eigenvalue weighted by Crippen LogP contribution is -2.43. The van der Waals surface area contributed by atoms with Crippen LogP contribution in [0, 0.1) is 16.0 Å². The highest BCUT2D eigenvalue weighted by Crippen LogP contribution is 2.38. The fourth-order valence-corrected chi connectivity index (χ4v) is 4.59. The third-order valence-electron chi connectivity index (χ3n) is 6.32. The van der Waals surface area contributed by atoms with Crippen molar-refractivity contribution in [3.05, 3.63) is 57.6 Å². The van der Waals surface area contributed by atoms with Gasteiger partial charge >= 0.3 is 6.18 Å². The molecular weight excluding hydrogens is 437 g/mol. The maximum absolute atomic E-state index is 13.2. The van der Waals surface area contributed by atoms with E-state index < -0.39 is 22.4 Å². The highest BCUT2D eigenvalue weighted by Gasteiger charge is 2.38. The first-order chi connectivity index (χ1) is 15.8. The summed E-state index contributed by atoms with van der Waals surface area (Å²) >= 11 is 0. The molecule has 0 bridgehead atoms. The number of benzene rings is 1. The first-order valence-electron chi connectivity index (χ1n) is 11.2. The monoisotopic (exact) mass is 464 g/mol. The molecule has 33 heavy (non-hydrogen) atoms. The smallest absolute Gasteiger partial charge is 0.423 e. The molecule has 2 aromatic rings. The number of rotatable bonds is 6. The van der Waals surface area contributed by atoms with E-state index in [9.17, 15) is 23.3 Å². The average Bonchev–Trinajstić information content (AvgIpc) is 2.80. The van der Waals surface area contributed by atoms with Crippen molar-refractivity contribution < 1.29 is 22.8 Å². The number of alkyl halides is 3. The Bertz CT molecular complexity index is 972. The van der Waals surface area contributed by atoms with Crippen LogP contribution < -0.4 is 15.0 Å². The van der Waals surface area contributed by atoms with Crippen LogP contribution in [0.3, 0.4) is 0 Å². The Morgan fingerprint density at radius 2 is 1.85 bits per heavy atom. The Morgan fingerprint density at radius 1 is 1.12 bits per heavy atom. The maximum atomic E-state index is 13.2. The van der Waals surface area contributed by atoms with Crippen molar-refractivity contribution in [1.82, 2.24) is 10.3 Å². The Morgan fingerprint density at radius 3 is 2.52 bits per heavy atom. The number of nitro groups is 1. The number of anilines is 1. The van der Waals surface area contributed by atoms with Crippen LogP contribution in [0.15, 0.2) is 36.4 Å². The van der Waals surface area contributed by atoms with Crippen molar-refractivity contribution in [2.45, 2.75) is 44.4 Å². The third-order valence-corrected chi connectivity index (χ3v) is 6.32. The molecule has 1 saturated carbocycles. The molecule has 1 N–H and O–H groups in total. The second-order valence-electron chi connectivity index (χ2n) is 8.64. The molecule has 0 spiro atoms. The highest BCUT2D eigenvalue weighted by atomic mass is 19.4. The molecule has 178 valence electrons. The number of hydrogen-bond donors (Lipinski definition) is 1. The van der Waals surface area contributed by atoms with E-state index in [4.69, 9.17) is 4.74 Å². The molecule has 1 aromatic heterocycles. The standard InChI is InChI=1S/C23H27F3N4O3/c24-23(25,26)19-15-17(6-9-20(19)30(31)32)14-16-4-7-18(8-5-16)33-22-3-1-2-21(28-22)29-12-10-27-11-13-29/h1-3,6,9,15-16,18,27H,4-5,7-8,10-14H2. The van der Waals surface area contributed by atoms with Crippen LogP contribution in [0.4, 0.5) is 24.7 Å². The lowest BCUT2D eigenvalue weighted by Gasteiger charge is -2.30. The molecule has 1 aromatic carbocycles. The molecule has 2 aliphatic rings. The lowest BCUT2D eigenvalue weighted by molar-refractivity contribution is -0.388. The zero-order valence-electron chi connectivity index (χ0n) is 18.2. The minimum absolute atomic E-state index is 0.0228. The molecule has 10 heteroatoms. The number of hydrogen-bond acceptors (Lipinski definition) is 6. The average molecular weight is 464 g/mol. The minimum Gasteiger partial charge on any atom is -0.474 e. The second kappa shape index (κ2) is 9.94. The van der Waals surface area contributed by atoms with E-state index in [1.807, 2.05) is 18.2 Å². The Hall–Kier alpha value is -2.88. The Kier molecular flexibility index (Phi) is 7.02. The van der Waals surface area contributed by atoms with Crippen molar-refractivity contribution in [1.29, 1.82) is 0 Å². The number of pyridine rings is 1. The van der Waals surface area contributed by atoms with E-state index >= 15 is 0 Å². The molecule has 1 aliphatic heterocycles. The van der Waals surface area contributed by atoms with Gasteiger partial charge in [0.2, 0.25) is 5.88 Å². The van der Waals surface area contributed by atoms with Gasteiger partial charge in [0.25, 0.3) is 5.69 Å². The van der Waals surface area contributed by atoms with Gasteiger partial charge in [-0.3, -0.25) is 10.1 Å². The molecule has 4 rings (SSSR count). The summed E-state index contributed by atoms with van der Waals surface area (Å²) in [5, 5.41) is 14.3. The fraction of sp³-hybridized carbons (Fsp3) is 0.522. The predicted molar refractivity (Wildman–Crippen MR) is 117 cm³/mol. The summed E-state index contributed by atoms with van der Waals surface area (Å²) in [4.78, 5) is 16.8. The van der Waals surface area contributed by atoms with Crippen molar-refractivity contribution in [3.63, 3.8) is 0 Å². The third kappa shape index (κ3) is 5.93. The van der Waals surface area contributed by atoms with E-state index in [0.29, 0.717) is 17.9 Å². The van der Waals surface area contributed by atoms with Crippen molar-refractivity contribution in [2.24, 2.45) is 5.92 Å². The fourth-order valence-electron chi connectivity index (χ4n) is 4.59. The van der Waals surface area contributed by atoms with Crippen LogP contribution in [-0.2, 0) is 12.6 Å². The summed E-state index contributed by atoms with van der Waals surface area (Å²) in [5.74, 6) is 1.72. The number of ether oxygens (including phenoxy) is 1. The summed E-state index contributed by atoms with van der Waals surface area (Å²) in [5.41, 5.74) is -1.61. The molecule has 0 unspecified atom stereocenters.